The predicted molar refractivity (Wildman–Crippen MR) is 78.7 cm³/mol. The maximum atomic E-state index is 11.8. The van der Waals surface area contributed by atoms with Crippen molar-refractivity contribution in [2.45, 2.75) is 26.8 Å². The standard InChI is InChI=1S/C14H18BrNO4/c1-14(2,3)12(13(18)19)16-11(17)8-20-10-6-4-5-9(15)7-10/h4-7,12H,8H2,1-3H3,(H,16,17)(H,18,19)/t12-/m0/s1. The lowest BCUT2D eigenvalue weighted by Gasteiger charge is -2.27. The molecular formula is C14H18BrNO4. The minimum atomic E-state index is -1.06. The molecule has 0 fully saturated rings. The Balaban J connectivity index is 2.57. The van der Waals surface area contributed by atoms with E-state index in [1.807, 2.05) is 6.07 Å². The number of halogens is 1. The van der Waals surface area contributed by atoms with Gasteiger partial charge in [0.05, 0.1) is 0 Å². The molecule has 110 valence electrons. The maximum absolute atomic E-state index is 11.8. The van der Waals surface area contributed by atoms with Crippen LogP contribution >= 0.6 is 15.9 Å². The highest BCUT2D eigenvalue weighted by Gasteiger charge is 2.32. The second kappa shape index (κ2) is 6.74. The smallest absolute Gasteiger partial charge is 0.326 e. The minimum Gasteiger partial charge on any atom is -0.484 e. The van der Waals surface area contributed by atoms with Gasteiger partial charge in [-0.2, -0.15) is 0 Å². The Kier molecular flexibility index (Phi) is 5.56. The normalized spacial score (nSPS) is 12.6. The Hall–Kier alpha value is -1.56. The van der Waals surface area contributed by atoms with Crippen LogP contribution in [0.2, 0.25) is 0 Å². The van der Waals surface area contributed by atoms with E-state index in [-0.39, 0.29) is 6.61 Å². The molecule has 1 aromatic carbocycles. The zero-order chi connectivity index (χ0) is 15.3. The first-order valence-corrected chi connectivity index (χ1v) is 6.90. The first kappa shape index (κ1) is 16.5. The molecule has 0 heterocycles. The van der Waals surface area contributed by atoms with Crippen LogP contribution in [0.3, 0.4) is 0 Å². The molecular weight excluding hydrogens is 326 g/mol. The van der Waals surface area contributed by atoms with E-state index in [0.29, 0.717) is 5.75 Å². The van der Waals surface area contributed by atoms with Crippen molar-refractivity contribution in [3.63, 3.8) is 0 Å². The number of aliphatic carboxylic acids is 1. The van der Waals surface area contributed by atoms with E-state index in [2.05, 4.69) is 21.2 Å². The fourth-order valence-corrected chi connectivity index (χ4v) is 1.94. The quantitative estimate of drug-likeness (QED) is 0.860. The molecule has 6 heteroatoms. The van der Waals surface area contributed by atoms with Gasteiger partial charge >= 0.3 is 5.97 Å². The number of carbonyl (C=O) groups excluding carboxylic acids is 1. The summed E-state index contributed by atoms with van der Waals surface area (Å²) < 4.78 is 6.15. The Morgan fingerprint density at radius 3 is 2.55 bits per heavy atom. The molecule has 2 N–H and O–H groups in total. The lowest BCUT2D eigenvalue weighted by Crippen LogP contribution is -2.50. The summed E-state index contributed by atoms with van der Waals surface area (Å²) in [6.45, 7) is 5.03. The number of rotatable bonds is 5. The van der Waals surface area contributed by atoms with Crippen molar-refractivity contribution >= 4 is 27.8 Å². The molecule has 0 bridgehead atoms. The summed E-state index contributed by atoms with van der Waals surface area (Å²) in [6.07, 6.45) is 0. The highest BCUT2D eigenvalue weighted by atomic mass is 79.9. The molecule has 0 radical (unpaired) electrons. The Morgan fingerprint density at radius 2 is 2.05 bits per heavy atom. The van der Waals surface area contributed by atoms with E-state index in [1.165, 1.54) is 0 Å². The maximum Gasteiger partial charge on any atom is 0.326 e. The van der Waals surface area contributed by atoms with Gasteiger partial charge in [-0.15, -0.1) is 0 Å². The number of carboxylic acids is 1. The molecule has 20 heavy (non-hydrogen) atoms. The highest BCUT2D eigenvalue weighted by Crippen LogP contribution is 2.20. The molecule has 5 nitrogen and oxygen atoms in total. The fraction of sp³-hybridized carbons (Fsp3) is 0.429. The zero-order valence-corrected chi connectivity index (χ0v) is 13.2. The third-order valence-electron chi connectivity index (χ3n) is 2.58. The number of amides is 1. The molecule has 0 unspecified atom stereocenters. The highest BCUT2D eigenvalue weighted by molar-refractivity contribution is 9.10. The monoisotopic (exact) mass is 343 g/mol. The van der Waals surface area contributed by atoms with Gasteiger partial charge in [0, 0.05) is 4.47 Å². The van der Waals surface area contributed by atoms with Gasteiger partial charge in [0.15, 0.2) is 6.61 Å². The summed E-state index contributed by atoms with van der Waals surface area (Å²) in [5, 5.41) is 11.6. The molecule has 0 aromatic heterocycles. The van der Waals surface area contributed by atoms with Crippen LogP contribution in [0.4, 0.5) is 0 Å². The molecule has 1 amide bonds. The van der Waals surface area contributed by atoms with E-state index in [0.717, 1.165) is 4.47 Å². The van der Waals surface area contributed by atoms with Gasteiger partial charge < -0.3 is 15.2 Å². The van der Waals surface area contributed by atoms with Crippen LogP contribution in [-0.2, 0) is 9.59 Å². The molecule has 0 saturated carbocycles. The second-order valence-electron chi connectivity index (χ2n) is 5.45. The predicted octanol–water partition coefficient (Wildman–Crippen LogP) is 2.44. The SMILES string of the molecule is CC(C)(C)[C@@H](NC(=O)COc1cccc(Br)c1)C(=O)O. The Bertz CT molecular complexity index is 496. The molecule has 0 saturated heterocycles. The fourth-order valence-electron chi connectivity index (χ4n) is 1.56. The van der Waals surface area contributed by atoms with Gasteiger partial charge in [-0.05, 0) is 23.6 Å². The summed E-state index contributed by atoms with van der Waals surface area (Å²) in [5.74, 6) is -0.988. The van der Waals surface area contributed by atoms with Crippen LogP contribution in [-0.4, -0.2) is 29.6 Å². The van der Waals surface area contributed by atoms with Crippen molar-refractivity contribution < 1.29 is 19.4 Å². The lowest BCUT2D eigenvalue weighted by molar-refractivity contribution is -0.145. The van der Waals surface area contributed by atoms with Crippen molar-refractivity contribution in [3.05, 3.63) is 28.7 Å². The summed E-state index contributed by atoms with van der Waals surface area (Å²) in [7, 11) is 0. The van der Waals surface area contributed by atoms with E-state index < -0.39 is 23.3 Å². The second-order valence-corrected chi connectivity index (χ2v) is 6.37. The summed E-state index contributed by atoms with van der Waals surface area (Å²) in [6, 6.07) is 6.11. The van der Waals surface area contributed by atoms with Crippen molar-refractivity contribution in [1.29, 1.82) is 0 Å². The third kappa shape index (κ3) is 5.21. The number of hydrogen-bond donors (Lipinski definition) is 2. The first-order valence-electron chi connectivity index (χ1n) is 6.10. The number of benzene rings is 1. The molecule has 0 aliphatic carbocycles. The van der Waals surface area contributed by atoms with E-state index in [9.17, 15) is 9.59 Å². The number of nitrogens with one attached hydrogen (secondary N) is 1. The largest absolute Gasteiger partial charge is 0.484 e. The number of carboxylic acid groups (broad SMARTS) is 1. The van der Waals surface area contributed by atoms with E-state index in [4.69, 9.17) is 9.84 Å². The molecule has 1 aromatic rings. The Morgan fingerprint density at radius 1 is 1.40 bits per heavy atom. The van der Waals surface area contributed by atoms with Gasteiger partial charge in [0.1, 0.15) is 11.8 Å². The molecule has 0 spiro atoms. The first-order chi connectivity index (χ1) is 9.20. The third-order valence-corrected chi connectivity index (χ3v) is 3.08. The van der Waals surface area contributed by atoms with E-state index in [1.54, 1.807) is 39.0 Å². The molecule has 0 aliphatic heterocycles. The summed E-state index contributed by atoms with van der Waals surface area (Å²) in [5.41, 5.74) is -0.572. The van der Waals surface area contributed by atoms with Gasteiger partial charge in [-0.3, -0.25) is 4.79 Å². The average Bonchev–Trinajstić information content (AvgIpc) is 2.31. The number of carbonyl (C=O) groups is 2. The summed E-state index contributed by atoms with van der Waals surface area (Å²) >= 11 is 3.30. The van der Waals surface area contributed by atoms with Crippen LogP contribution < -0.4 is 10.1 Å². The van der Waals surface area contributed by atoms with E-state index >= 15 is 0 Å². The zero-order valence-electron chi connectivity index (χ0n) is 11.6. The van der Waals surface area contributed by atoms with Crippen LogP contribution in [0, 0.1) is 5.41 Å². The van der Waals surface area contributed by atoms with Crippen molar-refractivity contribution in [3.8, 4) is 5.75 Å². The molecule has 1 atom stereocenters. The summed E-state index contributed by atoms with van der Waals surface area (Å²) in [4.78, 5) is 22.9. The molecule has 1 rings (SSSR count). The van der Waals surface area contributed by atoms with Gasteiger partial charge in [-0.1, -0.05) is 42.8 Å². The topological polar surface area (TPSA) is 75.6 Å². The van der Waals surface area contributed by atoms with Crippen LogP contribution in [0.1, 0.15) is 20.8 Å². The minimum absolute atomic E-state index is 0.226. The lowest BCUT2D eigenvalue weighted by atomic mass is 9.87. The van der Waals surface area contributed by atoms with Gasteiger partial charge in [0.25, 0.3) is 5.91 Å². The van der Waals surface area contributed by atoms with Crippen LogP contribution in [0.25, 0.3) is 0 Å². The number of hydrogen-bond acceptors (Lipinski definition) is 3. The van der Waals surface area contributed by atoms with Gasteiger partial charge in [-0.25, -0.2) is 4.79 Å². The van der Waals surface area contributed by atoms with Crippen LogP contribution in [0.5, 0.6) is 5.75 Å². The van der Waals surface area contributed by atoms with Crippen molar-refractivity contribution in [1.82, 2.24) is 5.32 Å². The van der Waals surface area contributed by atoms with Crippen LogP contribution in [0.15, 0.2) is 28.7 Å². The van der Waals surface area contributed by atoms with Crippen molar-refractivity contribution in [2.24, 2.45) is 5.41 Å². The number of ether oxygens (including phenoxy) is 1. The average molecular weight is 344 g/mol. The Labute approximate surface area is 126 Å². The van der Waals surface area contributed by atoms with Gasteiger partial charge in [0.2, 0.25) is 0 Å². The van der Waals surface area contributed by atoms with Crippen molar-refractivity contribution in [2.75, 3.05) is 6.61 Å². The molecule has 0 aliphatic rings.